The second kappa shape index (κ2) is 32.2. The van der Waals surface area contributed by atoms with Crippen molar-refractivity contribution in [3.8, 4) is 0 Å². The van der Waals surface area contributed by atoms with Crippen LogP contribution in [0.4, 0.5) is 0 Å². The first kappa shape index (κ1) is 41.2. The van der Waals surface area contributed by atoms with Gasteiger partial charge < -0.3 is 0 Å². The van der Waals surface area contributed by atoms with Gasteiger partial charge in [-0.05, 0) is 32.6 Å². The van der Waals surface area contributed by atoms with Gasteiger partial charge in [-0.3, -0.25) is 0 Å². The molecule has 0 aliphatic rings. The number of hydrogen-bond acceptors (Lipinski definition) is 0. The van der Waals surface area contributed by atoms with Crippen LogP contribution in [0.2, 0.25) is 0 Å². The molecule has 2 nitrogen and oxygen atoms in total. The number of imidazole rings is 1. The lowest BCUT2D eigenvalue weighted by atomic mass is 9.92. The molecule has 2 atom stereocenters. The van der Waals surface area contributed by atoms with Gasteiger partial charge in [0.15, 0.2) is 0 Å². The molecule has 2 heteroatoms. The fraction of sp³-hybridized carbons (Fsp3) is 0.929. The van der Waals surface area contributed by atoms with Crippen LogP contribution in [0, 0.1) is 0 Å². The molecule has 2 unspecified atom stereocenters. The molecule has 0 aliphatic carbocycles. The minimum Gasteiger partial charge on any atom is -0.247 e. The van der Waals surface area contributed by atoms with Crippen molar-refractivity contribution in [1.82, 2.24) is 4.98 Å². The van der Waals surface area contributed by atoms with E-state index < -0.39 is 0 Å². The van der Waals surface area contributed by atoms with E-state index in [2.05, 4.69) is 49.6 Å². The van der Waals surface area contributed by atoms with Crippen molar-refractivity contribution in [2.45, 2.75) is 252 Å². The Kier molecular flexibility index (Phi) is 30.1. The van der Waals surface area contributed by atoms with Gasteiger partial charge in [-0.2, -0.15) is 0 Å². The number of hydrogen-bond donors (Lipinski definition) is 1. The molecule has 0 spiro atoms. The van der Waals surface area contributed by atoms with Crippen LogP contribution < -0.4 is 4.57 Å². The van der Waals surface area contributed by atoms with Crippen molar-refractivity contribution in [1.29, 1.82) is 0 Å². The molecule has 1 heterocycles. The van der Waals surface area contributed by atoms with E-state index in [9.17, 15) is 0 Å². The Balaban J connectivity index is 2.41. The predicted molar refractivity (Wildman–Crippen MR) is 198 cm³/mol. The summed E-state index contributed by atoms with van der Waals surface area (Å²) in [5.41, 5.74) is 0. The maximum absolute atomic E-state index is 3.76. The monoisotopic (exact) mass is 616 g/mol. The molecule has 0 fully saturated rings. The molecule has 260 valence electrons. The molecular weight excluding hydrogens is 532 g/mol. The SMILES string of the molecule is CCCCCCCCCCCCCCC(CCCCCCCCCCCCC)c1[nH]cc[n+]1C(C)CCCCCCCCC. The number of H-pyrrole nitrogens is 1. The highest BCUT2D eigenvalue weighted by molar-refractivity contribution is 4.90. The van der Waals surface area contributed by atoms with Gasteiger partial charge in [0.05, 0.1) is 12.0 Å². The maximum atomic E-state index is 3.76. The van der Waals surface area contributed by atoms with Crippen LogP contribution in [0.15, 0.2) is 12.4 Å². The van der Waals surface area contributed by atoms with Gasteiger partial charge in [-0.15, -0.1) is 0 Å². The summed E-state index contributed by atoms with van der Waals surface area (Å²) in [4.78, 5) is 3.76. The molecule has 0 aliphatic heterocycles. The van der Waals surface area contributed by atoms with Gasteiger partial charge >= 0.3 is 0 Å². The Labute approximate surface area is 278 Å². The first-order valence-electron chi connectivity index (χ1n) is 20.8. The van der Waals surface area contributed by atoms with Gasteiger partial charge in [0.25, 0.3) is 5.82 Å². The van der Waals surface area contributed by atoms with Crippen LogP contribution in [0.1, 0.15) is 257 Å². The van der Waals surface area contributed by atoms with Crippen molar-refractivity contribution in [2.24, 2.45) is 0 Å². The number of nitrogens with zero attached hydrogens (tertiary/aromatic N) is 1. The topological polar surface area (TPSA) is 19.7 Å². The van der Waals surface area contributed by atoms with Crippen molar-refractivity contribution in [3.05, 3.63) is 18.2 Å². The molecule has 0 aromatic carbocycles. The summed E-state index contributed by atoms with van der Waals surface area (Å²) < 4.78 is 2.64. The van der Waals surface area contributed by atoms with Crippen molar-refractivity contribution in [3.63, 3.8) is 0 Å². The molecule has 1 aromatic heterocycles. The second-order valence-corrected chi connectivity index (χ2v) is 14.7. The third-order valence-corrected chi connectivity index (χ3v) is 10.4. The van der Waals surface area contributed by atoms with Crippen LogP contribution in [0.3, 0.4) is 0 Å². The van der Waals surface area contributed by atoms with Crippen LogP contribution >= 0.6 is 0 Å². The fourth-order valence-electron chi connectivity index (χ4n) is 7.31. The van der Waals surface area contributed by atoms with E-state index in [1.807, 2.05) is 0 Å². The highest BCUT2D eigenvalue weighted by atomic mass is 15.1. The van der Waals surface area contributed by atoms with E-state index in [4.69, 9.17) is 0 Å². The molecule has 0 radical (unpaired) electrons. The van der Waals surface area contributed by atoms with E-state index in [-0.39, 0.29) is 0 Å². The molecule has 1 aromatic rings. The second-order valence-electron chi connectivity index (χ2n) is 14.7. The standard InChI is InChI=1S/C42H82N2/c1-5-8-11-14-17-19-21-23-25-28-31-34-37-41(36-33-30-27-24-22-20-18-15-12-9-6-2)42-43-38-39-44(42)40(4)35-32-29-26-16-13-10-7-3/h38-41H,5-37H2,1-4H3/p+1. The average Bonchev–Trinajstić information content (AvgIpc) is 3.52. The predicted octanol–water partition coefficient (Wildman–Crippen LogP) is 14.9. The zero-order chi connectivity index (χ0) is 31.8. The highest BCUT2D eigenvalue weighted by Crippen LogP contribution is 2.27. The lowest BCUT2D eigenvalue weighted by Crippen LogP contribution is -2.41. The minimum absolute atomic E-state index is 0.619. The van der Waals surface area contributed by atoms with Gasteiger partial charge in [0.1, 0.15) is 12.4 Å². The summed E-state index contributed by atoms with van der Waals surface area (Å²) in [6.07, 6.45) is 51.7. The third kappa shape index (κ3) is 23.5. The Morgan fingerprint density at radius 3 is 1.07 bits per heavy atom. The normalized spacial score (nSPS) is 13.1. The summed E-state index contributed by atoms with van der Waals surface area (Å²) in [7, 11) is 0. The molecule has 0 saturated carbocycles. The van der Waals surface area contributed by atoms with E-state index >= 15 is 0 Å². The lowest BCUT2D eigenvalue weighted by molar-refractivity contribution is -0.727. The molecule has 0 saturated heterocycles. The van der Waals surface area contributed by atoms with Crippen LogP contribution in [-0.4, -0.2) is 4.98 Å². The number of aromatic amines is 1. The van der Waals surface area contributed by atoms with E-state index in [1.54, 1.807) is 0 Å². The van der Waals surface area contributed by atoms with E-state index in [0.717, 1.165) is 0 Å². The van der Waals surface area contributed by atoms with Crippen LogP contribution in [0.25, 0.3) is 0 Å². The first-order chi connectivity index (χ1) is 21.7. The number of nitrogens with one attached hydrogen (secondary N) is 1. The van der Waals surface area contributed by atoms with Crippen molar-refractivity contribution in [2.75, 3.05) is 0 Å². The lowest BCUT2D eigenvalue weighted by Gasteiger charge is -2.17. The summed E-state index contributed by atoms with van der Waals surface area (Å²) >= 11 is 0. The molecule has 44 heavy (non-hydrogen) atoms. The quantitative estimate of drug-likeness (QED) is 0.0579. The number of unbranched alkanes of at least 4 members (excludes halogenated alkanes) is 27. The maximum Gasteiger partial charge on any atom is 0.257 e. The summed E-state index contributed by atoms with van der Waals surface area (Å²) in [5, 5.41) is 0. The van der Waals surface area contributed by atoms with Gasteiger partial charge in [-0.25, -0.2) is 9.55 Å². The van der Waals surface area contributed by atoms with E-state index in [1.165, 1.54) is 218 Å². The van der Waals surface area contributed by atoms with E-state index in [0.29, 0.717) is 12.0 Å². The Morgan fingerprint density at radius 1 is 0.432 bits per heavy atom. The Bertz CT molecular complexity index is 679. The molecule has 0 amide bonds. The van der Waals surface area contributed by atoms with Crippen LogP contribution in [-0.2, 0) is 0 Å². The van der Waals surface area contributed by atoms with Gasteiger partial charge in [0.2, 0.25) is 0 Å². The molecule has 1 N–H and O–H groups in total. The highest BCUT2D eigenvalue weighted by Gasteiger charge is 2.25. The van der Waals surface area contributed by atoms with Crippen LogP contribution in [0.5, 0.6) is 0 Å². The molecule has 1 rings (SSSR count). The largest absolute Gasteiger partial charge is 0.257 e. The van der Waals surface area contributed by atoms with Gasteiger partial charge in [0, 0.05) is 0 Å². The van der Waals surface area contributed by atoms with Gasteiger partial charge in [-0.1, -0.05) is 207 Å². The Hall–Kier alpha value is -0.790. The minimum atomic E-state index is 0.619. The first-order valence-corrected chi connectivity index (χ1v) is 20.8. The zero-order valence-corrected chi connectivity index (χ0v) is 31.1. The summed E-state index contributed by atoms with van der Waals surface area (Å²) in [5.74, 6) is 2.25. The number of aromatic nitrogens is 2. The summed E-state index contributed by atoms with van der Waals surface area (Å²) in [6, 6.07) is 0.619. The number of rotatable bonds is 35. The average molecular weight is 616 g/mol. The molecular formula is C42H83N2+. The third-order valence-electron chi connectivity index (χ3n) is 10.4. The Morgan fingerprint density at radius 2 is 0.727 bits per heavy atom. The smallest absolute Gasteiger partial charge is 0.247 e. The van der Waals surface area contributed by atoms with Crippen molar-refractivity contribution < 1.29 is 4.57 Å². The fourth-order valence-corrected chi connectivity index (χ4v) is 7.31. The summed E-state index contributed by atoms with van der Waals surface area (Å²) in [6.45, 7) is 9.42. The van der Waals surface area contributed by atoms with Crippen molar-refractivity contribution >= 4 is 0 Å². The zero-order valence-electron chi connectivity index (χ0n) is 31.1. The molecule has 0 bridgehead atoms.